The summed E-state index contributed by atoms with van der Waals surface area (Å²) in [5.74, 6) is -0.968. The van der Waals surface area contributed by atoms with Gasteiger partial charge in [0.15, 0.2) is 5.13 Å². The van der Waals surface area contributed by atoms with Crippen molar-refractivity contribution in [2.45, 2.75) is 31.7 Å². The fourth-order valence-electron chi connectivity index (χ4n) is 6.31. The minimum atomic E-state index is -0.874. The van der Waals surface area contributed by atoms with Crippen LogP contribution in [0, 0.1) is 17.1 Å². The smallest absolute Gasteiger partial charge is 0.333 e. The van der Waals surface area contributed by atoms with E-state index in [9.17, 15) is 24.0 Å². The molecule has 47 heavy (non-hydrogen) atoms. The molecular weight excluding hydrogens is 623 g/mol. The second-order valence-corrected chi connectivity index (χ2v) is 12.5. The Balaban J connectivity index is 1.21. The van der Waals surface area contributed by atoms with Gasteiger partial charge in [0.2, 0.25) is 11.8 Å². The lowest BCUT2D eigenvalue weighted by molar-refractivity contribution is -0.157. The molecule has 238 valence electrons. The standard InChI is InChI=1S/C32H29FN10O3S/c33-23-7-4-19(5-8-23)14-36-32(46)41(11-10-34)42-18-28(44)43-25(13-20-6-9-24-22(12-20)15-37-39-24)30(45)40(17-27(42)43)16-21-2-1-3-26-29(21)38-31(35)47-26/h1-9,12,15,25,27H,11,13-14,16-18H2,(H2,35,38)(H,36,46)(H,37,39)/t25-,27+/m0/s1. The first-order chi connectivity index (χ1) is 22.8. The van der Waals surface area contributed by atoms with Crippen LogP contribution < -0.4 is 11.1 Å². The number of fused-ring (bicyclic) bond motifs is 3. The number of carbonyl (C=O) groups is 3. The molecule has 0 unspecified atom stereocenters. The largest absolute Gasteiger partial charge is 0.375 e. The topological polar surface area (TPSA) is 168 Å². The molecular formula is C32H29FN10O3S. The SMILES string of the molecule is N#CCN(C(=O)NCc1ccc(F)cc1)N1CC(=O)N2[C@@H](Cc3ccc4[nH]ncc4c3)C(=O)N(Cc3cccc4sc(N)nc34)C[C@@H]21. The normalized spacial score (nSPS) is 18.1. The van der Waals surface area contributed by atoms with Gasteiger partial charge in [0.05, 0.1) is 41.1 Å². The zero-order valence-electron chi connectivity index (χ0n) is 25.0. The van der Waals surface area contributed by atoms with Crippen molar-refractivity contribution in [3.8, 4) is 6.07 Å². The maximum atomic E-state index is 14.3. The number of aromatic nitrogens is 3. The predicted molar refractivity (Wildman–Crippen MR) is 171 cm³/mol. The van der Waals surface area contributed by atoms with E-state index in [0.29, 0.717) is 16.2 Å². The first-order valence-electron chi connectivity index (χ1n) is 14.9. The van der Waals surface area contributed by atoms with Gasteiger partial charge in [-0.15, -0.1) is 0 Å². The van der Waals surface area contributed by atoms with E-state index >= 15 is 0 Å². The van der Waals surface area contributed by atoms with Gasteiger partial charge in [-0.1, -0.05) is 41.7 Å². The molecule has 2 fully saturated rings. The summed E-state index contributed by atoms with van der Waals surface area (Å²) in [4.78, 5) is 49.2. The van der Waals surface area contributed by atoms with E-state index in [0.717, 1.165) is 26.7 Å². The number of nitrogens with zero attached hydrogens (tertiary/aromatic N) is 7. The lowest BCUT2D eigenvalue weighted by Crippen LogP contribution is -2.66. The van der Waals surface area contributed by atoms with Crippen LogP contribution in [0.4, 0.5) is 14.3 Å². The maximum absolute atomic E-state index is 14.3. The van der Waals surface area contributed by atoms with Gasteiger partial charge in [0.1, 0.15) is 24.6 Å². The van der Waals surface area contributed by atoms with E-state index in [1.807, 2.05) is 42.5 Å². The van der Waals surface area contributed by atoms with Crippen LogP contribution in [-0.4, -0.2) is 84.7 Å². The molecule has 15 heteroatoms. The first kappa shape index (κ1) is 30.1. The zero-order chi connectivity index (χ0) is 32.7. The second kappa shape index (κ2) is 12.3. The lowest BCUT2D eigenvalue weighted by Gasteiger charge is -2.46. The predicted octanol–water partition coefficient (Wildman–Crippen LogP) is 2.97. The van der Waals surface area contributed by atoms with Crippen molar-refractivity contribution in [1.29, 1.82) is 5.26 Å². The maximum Gasteiger partial charge on any atom is 0.333 e. The van der Waals surface area contributed by atoms with Gasteiger partial charge in [-0.05, 0) is 47.0 Å². The fourth-order valence-corrected chi connectivity index (χ4v) is 7.09. The number of nitrogens with two attached hydrogens (primary N) is 1. The van der Waals surface area contributed by atoms with Gasteiger partial charge >= 0.3 is 6.03 Å². The van der Waals surface area contributed by atoms with Crippen molar-refractivity contribution < 1.29 is 18.8 Å². The Bertz CT molecular complexity index is 2040. The summed E-state index contributed by atoms with van der Waals surface area (Å²) in [5, 5.41) is 23.5. The molecule has 7 rings (SSSR count). The number of aromatic amines is 1. The summed E-state index contributed by atoms with van der Waals surface area (Å²) in [7, 11) is 0. The highest BCUT2D eigenvalue weighted by atomic mass is 32.1. The molecule has 0 aliphatic carbocycles. The number of urea groups is 1. The first-order valence-corrected chi connectivity index (χ1v) is 15.7. The van der Waals surface area contributed by atoms with Gasteiger partial charge in [-0.3, -0.25) is 14.7 Å². The molecule has 4 N–H and O–H groups in total. The number of amides is 4. The Morgan fingerprint density at radius 3 is 2.79 bits per heavy atom. The number of rotatable bonds is 8. The minimum Gasteiger partial charge on any atom is -0.375 e. The summed E-state index contributed by atoms with van der Waals surface area (Å²) in [5.41, 5.74) is 9.86. The number of hydrogen-bond donors (Lipinski definition) is 3. The molecule has 0 bridgehead atoms. The minimum absolute atomic E-state index is 0.0850. The third-order valence-electron chi connectivity index (χ3n) is 8.50. The highest BCUT2D eigenvalue weighted by Crippen LogP contribution is 2.32. The van der Waals surface area contributed by atoms with E-state index < -0.39 is 24.1 Å². The van der Waals surface area contributed by atoms with E-state index in [-0.39, 0.29) is 51.0 Å². The molecule has 4 heterocycles. The number of nitrogens with one attached hydrogen (secondary N) is 2. The molecule has 5 aromatic rings. The fraction of sp³-hybridized carbons (Fsp3) is 0.250. The Hall–Kier alpha value is -5.59. The van der Waals surface area contributed by atoms with Crippen LogP contribution in [0.5, 0.6) is 0 Å². The number of halogens is 1. The zero-order valence-corrected chi connectivity index (χ0v) is 25.8. The van der Waals surface area contributed by atoms with Crippen LogP contribution in [0.2, 0.25) is 0 Å². The lowest BCUT2D eigenvalue weighted by atomic mass is 9.99. The van der Waals surface area contributed by atoms with Crippen molar-refractivity contribution in [2.24, 2.45) is 0 Å². The van der Waals surface area contributed by atoms with Crippen LogP contribution in [0.15, 0.2) is 66.9 Å². The molecule has 0 saturated carbocycles. The number of nitriles is 1. The van der Waals surface area contributed by atoms with Crippen LogP contribution in [-0.2, 0) is 29.1 Å². The molecule has 2 atom stereocenters. The molecule has 13 nitrogen and oxygen atoms in total. The summed E-state index contributed by atoms with van der Waals surface area (Å²) < 4.78 is 14.3. The van der Waals surface area contributed by atoms with Crippen molar-refractivity contribution in [3.05, 3.63) is 89.4 Å². The monoisotopic (exact) mass is 652 g/mol. The Morgan fingerprint density at radius 1 is 1.17 bits per heavy atom. The third-order valence-corrected chi connectivity index (χ3v) is 9.35. The van der Waals surface area contributed by atoms with Crippen LogP contribution in [0.1, 0.15) is 16.7 Å². The highest BCUT2D eigenvalue weighted by Gasteiger charge is 2.52. The number of anilines is 1. The molecule has 4 amide bonds. The quantitative estimate of drug-likeness (QED) is 0.215. The molecule has 2 aliphatic rings. The highest BCUT2D eigenvalue weighted by molar-refractivity contribution is 7.22. The number of H-pyrrole nitrogens is 1. The summed E-state index contributed by atoms with van der Waals surface area (Å²) >= 11 is 1.36. The van der Waals surface area contributed by atoms with E-state index in [4.69, 9.17) is 5.73 Å². The number of hydrazine groups is 1. The van der Waals surface area contributed by atoms with Gasteiger partial charge in [-0.25, -0.2) is 19.2 Å². The van der Waals surface area contributed by atoms with Crippen molar-refractivity contribution in [1.82, 2.24) is 40.3 Å². The Kier molecular flexibility index (Phi) is 7.88. The number of piperazine rings is 1. The van der Waals surface area contributed by atoms with Crippen molar-refractivity contribution in [2.75, 3.05) is 25.4 Å². The van der Waals surface area contributed by atoms with Crippen LogP contribution in [0.3, 0.4) is 0 Å². The van der Waals surface area contributed by atoms with Crippen molar-refractivity contribution >= 4 is 55.4 Å². The average molecular weight is 653 g/mol. The Morgan fingerprint density at radius 2 is 1.98 bits per heavy atom. The summed E-state index contributed by atoms with van der Waals surface area (Å²) in [6.45, 7) is -0.155. The number of hydrogen-bond acceptors (Lipinski definition) is 9. The number of benzene rings is 3. The summed E-state index contributed by atoms with van der Waals surface area (Å²) in [6, 6.07) is 17.7. The van der Waals surface area contributed by atoms with Gasteiger partial charge in [0.25, 0.3) is 0 Å². The average Bonchev–Trinajstić information content (AvgIpc) is 3.77. The van der Waals surface area contributed by atoms with E-state index in [2.05, 4.69) is 20.5 Å². The van der Waals surface area contributed by atoms with Crippen LogP contribution >= 0.6 is 11.3 Å². The Labute approximate surface area is 271 Å². The number of thiazole rings is 1. The van der Waals surface area contributed by atoms with E-state index in [1.54, 1.807) is 28.2 Å². The van der Waals surface area contributed by atoms with Crippen molar-refractivity contribution in [3.63, 3.8) is 0 Å². The van der Waals surface area contributed by atoms with Gasteiger partial charge in [0, 0.05) is 24.9 Å². The van der Waals surface area contributed by atoms with E-state index in [1.165, 1.54) is 33.4 Å². The number of nitrogen functional groups attached to an aromatic ring is 1. The van der Waals surface area contributed by atoms with Gasteiger partial charge < -0.3 is 20.9 Å². The number of para-hydroxylation sites is 1. The molecule has 0 spiro atoms. The molecule has 0 radical (unpaired) electrons. The van der Waals surface area contributed by atoms with Crippen LogP contribution in [0.25, 0.3) is 21.1 Å². The van der Waals surface area contributed by atoms with Gasteiger partial charge in [-0.2, -0.15) is 15.4 Å². The molecule has 2 aliphatic heterocycles. The molecule has 2 saturated heterocycles. The summed E-state index contributed by atoms with van der Waals surface area (Å²) in [6.07, 6.45) is 1.20. The number of carbonyl (C=O) groups excluding carboxylic acids is 3. The molecule has 2 aromatic heterocycles. The third kappa shape index (κ3) is 5.80. The molecule has 3 aromatic carbocycles. The second-order valence-electron chi connectivity index (χ2n) is 11.4.